The molecule has 0 bridgehead atoms. The molecular weight excluding hydrogens is 456 g/mol. The number of benzene rings is 3. The van der Waals surface area contributed by atoms with Crippen LogP contribution in [-0.2, 0) is 6.54 Å². The quantitative estimate of drug-likeness (QED) is 0.200. The zero-order chi connectivity index (χ0) is 24.2. The Bertz CT molecular complexity index is 1500. The van der Waals surface area contributed by atoms with Gasteiger partial charge in [-0.25, -0.2) is 4.68 Å². The van der Waals surface area contributed by atoms with Gasteiger partial charge in [0.15, 0.2) is 5.11 Å². The summed E-state index contributed by atoms with van der Waals surface area (Å²) in [4.78, 5) is 0. The molecule has 7 nitrogen and oxygen atoms in total. The number of aromatic nitrogens is 3. The van der Waals surface area contributed by atoms with Crippen molar-refractivity contribution in [3.63, 3.8) is 0 Å². The van der Waals surface area contributed by atoms with Crippen LogP contribution in [0.5, 0.6) is 5.75 Å². The Hall–Kier alpha value is -4.43. The molecule has 0 aliphatic heterocycles. The number of hydrazone groups is 1. The van der Waals surface area contributed by atoms with E-state index in [9.17, 15) is 0 Å². The minimum Gasteiger partial charge on any atom is -0.497 e. The summed E-state index contributed by atoms with van der Waals surface area (Å²) >= 11 is 4.85. The molecule has 0 aliphatic carbocycles. The number of hydrogen-bond acceptors (Lipinski definition) is 4. The molecule has 35 heavy (non-hydrogen) atoms. The summed E-state index contributed by atoms with van der Waals surface area (Å²) in [5.74, 6) is 0.809. The van der Waals surface area contributed by atoms with Gasteiger partial charge in [-0.3, -0.25) is 5.43 Å². The lowest BCUT2D eigenvalue weighted by molar-refractivity contribution is 0.415. The van der Waals surface area contributed by atoms with Crippen LogP contribution in [0.15, 0.2) is 96.4 Å². The minimum absolute atomic E-state index is 0.127. The Labute approximate surface area is 208 Å². The number of rotatable bonds is 7. The number of hydrogen-bond donors (Lipinski definition) is 2. The first kappa shape index (κ1) is 22.4. The molecule has 0 radical (unpaired) electrons. The summed E-state index contributed by atoms with van der Waals surface area (Å²) < 4.78 is 9.47. The maximum atomic E-state index is 5.50. The molecule has 5 rings (SSSR count). The highest BCUT2D eigenvalue weighted by molar-refractivity contribution is 7.80. The maximum Gasteiger partial charge on any atom is 0.184 e. The summed E-state index contributed by atoms with van der Waals surface area (Å²) in [6, 6.07) is 26.3. The van der Waals surface area contributed by atoms with Crippen molar-refractivity contribution in [3.8, 4) is 22.7 Å². The van der Waals surface area contributed by atoms with Gasteiger partial charge in [0.05, 0.1) is 31.3 Å². The third-order valence-corrected chi connectivity index (χ3v) is 5.80. The van der Waals surface area contributed by atoms with Crippen LogP contribution in [0.1, 0.15) is 11.1 Å². The van der Waals surface area contributed by atoms with Gasteiger partial charge in [-0.05, 0) is 54.7 Å². The zero-order valence-electron chi connectivity index (χ0n) is 19.1. The molecule has 0 saturated carbocycles. The summed E-state index contributed by atoms with van der Waals surface area (Å²) in [6.07, 6.45) is 5.90. The molecule has 5 aromatic rings. The highest BCUT2D eigenvalue weighted by Crippen LogP contribution is 2.28. The van der Waals surface area contributed by atoms with Crippen molar-refractivity contribution in [1.29, 1.82) is 0 Å². The first-order valence-electron chi connectivity index (χ1n) is 11.1. The van der Waals surface area contributed by atoms with Crippen molar-refractivity contribution < 1.29 is 4.74 Å². The minimum atomic E-state index is 0.127. The van der Waals surface area contributed by atoms with Crippen LogP contribution in [0, 0.1) is 0 Å². The molecule has 0 saturated heterocycles. The van der Waals surface area contributed by atoms with E-state index in [0.29, 0.717) is 6.54 Å². The maximum absolute atomic E-state index is 5.50. The molecule has 2 heterocycles. The highest BCUT2D eigenvalue weighted by atomic mass is 32.1. The second kappa shape index (κ2) is 9.82. The molecule has 0 aliphatic rings. The van der Waals surface area contributed by atoms with Gasteiger partial charge in [0, 0.05) is 40.0 Å². The van der Waals surface area contributed by atoms with Gasteiger partial charge >= 0.3 is 0 Å². The lowest BCUT2D eigenvalue weighted by Gasteiger charge is -2.07. The van der Waals surface area contributed by atoms with Crippen LogP contribution < -0.4 is 15.9 Å². The Morgan fingerprint density at radius 3 is 2.51 bits per heavy atom. The first-order chi connectivity index (χ1) is 17.1. The molecule has 0 unspecified atom stereocenters. The summed E-state index contributed by atoms with van der Waals surface area (Å²) in [5.41, 5.74) is 14.2. The van der Waals surface area contributed by atoms with E-state index < -0.39 is 0 Å². The number of methoxy groups -OCH3 is 1. The van der Waals surface area contributed by atoms with Crippen LogP contribution in [0.2, 0.25) is 0 Å². The lowest BCUT2D eigenvalue weighted by atomic mass is 10.1. The van der Waals surface area contributed by atoms with E-state index in [0.717, 1.165) is 44.7 Å². The van der Waals surface area contributed by atoms with Crippen molar-refractivity contribution >= 4 is 34.4 Å². The Morgan fingerprint density at radius 2 is 1.77 bits per heavy atom. The smallest absolute Gasteiger partial charge is 0.184 e. The van der Waals surface area contributed by atoms with Gasteiger partial charge in [0.25, 0.3) is 0 Å². The molecule has 174 valence electrons. The standard InChI is InChI=1S/C27H24N6OS/c1-34-23-13-11-19(12-14-23)26-21(18-33(31-26)22-7-3-2-4-8-22)17-32-16-20(15-29-30-27(28)35)24-9-5-6-10-25(24)32/h2-16,18H,17H2,1H3,(H3,28,30,35)/b29-15+. The third kappa shape index (κ3) is 4.78. The second-order valence-electron chi connectivity index (χ2n) is 7.98. The largest absolute Gasteiger partial charge is 0.497 e. The number of fused-ring (bicyclic) bond motifs is 1. The fourth-order valence-electron chi connectivity index (χ4n) is 4.09. The monoisotopic (exact) mass is 480 g/mol. The van der Waals surface area contributed by atoms with Crippen LogP contribution in [0.25, 0.3) is 27.8 Å². The normalized spacial score (nSPS) is 11.2. The van der Waals surface area contributed by atoms with E-state index in [2.05, 4.69) is 39.6 Å². The fourth-order valence-corrected chi connectivity index (χ4v) is 4.14. The van der Waals surface area contributed by atoms with Gasteiger partial charge in [-0.2, -0.15) is 10.2 Å². The summed E-state index contributed by atoms with van der Waals surface area (Å²) in [7, 11) is 1.67. The zero-order valence-corrected chi connectivity index (χ0v) is 19.9. The number of nitrogens with two attached hydrogens (primary N) is 1. The number of thiocarbonyl (C=S) groups is 1. The van der Waals surface area contributed by atoms with Gasteiger partial charge in [-0.15, -0.1) is 0 Å². The van der Waals surface area contributed by atoms with Crippen LogP contribution in [-0.4, -0.2) is 32.8 Å². The van der Waals surface area contributed by atoms with E-state index >= 15 is 0 Å². The second-order valence-corrected chi connectivity index (χ2v) is 8.42. The van der Waals surface area contributed by atoms with E-state index in [4.69, 9.17) is 27.8 Å². The van der Waals surface area contributed by atoms with Crippen molar-refractivity contribution in [2.75, 3.05) is 7.11 Å². The van der Waals surface area contributed by atoms with Crippen molar-refractivity contribution in [2.45, 2.75) is 6.54 Å². The average molecular weight is 481 g/mol. The fraction of sp³-hybridized carbons (Fsp3) is 0.0741. The molecule has 3 N–H and O–H groups in total. The molecular formula is C27H24N6OS. The van der Waals surface area contributed by atoms with Gasteiger partial charge in [-0.1, -0.05) is 36.4 Å². The SMILES string of the molecule is COc1ccc(-c2nn(-c3ccccc3)cc2Cn2cc(/C=N/NC(N)=S)c3ccccc32)cc1. The van der Waals surface area contributed by atoms with Crippen LogP contribution in [0.3, 0.4) is 0 Å². The number of nitrogens with one attached hydrogen (secondary N) is 1. The molecule has 2 aromatic heterocycles. The first-order valence-corrected chi connectivity index (χ1v) is 11.5. The molecule has 0 fully saturated rings. The number of nitrogens with zero attached hydrogens (tertiary/aromatic N) is 4. The molecule has 0 amide bonds. The Balaban J connectivity index is 1.58. The average Bonchev–Trinajstić information content (AvgIpc) is 3.47. The van der Waals surface area contributed by atoms with Crippen molar-refractivity contribution in [3.05, 3.63) is 102 Å². The lowest BCUT2D eigenvalue weighted by Crippen LogP contribution is -2.23. The highest BCUT2D eigenvalue weighted by Gasteiger charge is 2.15. The molecule has 8 heteroatoms. The van der Waals surface area contributed by atoms with Crippen molar-refractivity contribution in [2.24, 2.45) is 10.8 Å². The van der Waals surface area contributed by atoms with Gasteiger partial charge in [0.2, 0.25) is 0 Å². The van der Waals surface area contributed by atoms with Gasteiger partial charge < -0.3 is 15.0 Å². The van der Waals surface area contributed by atoms with E-state index in [1.807, 2.05) is 71.4 Å². The predicted molar refractivity (Wildman–Crippen MR) is 144 cm³/mol. The van der Waals surface area contributed by atoms with Crippen LogP contribution in [0.4, 0.5) is 0 Å². The van der Waals surface area contributed by atoms with E-state index in [-0.39, 0.29) is 5.11 Å². The number of ether oxygens (including phenoxy) is 1. The summed E-state index contributed by atoms with van der Waals surface area (Å²) in [5, 5.41) is 10.3. The Morgan fingerprint density at radius 1 is 1.03 bits per heavy atom. The third-order valence-electron chi connectivity index (χ3n) is 5.71. The predicted octanol–water partition coefficient (Wildman–Crippen LogP) is 4.72. The van der Waals surface area contributed by atoms with E-state index in [1.54, 1.807) is 13.3 Å². The molecule has 0 atom stereocenters. The topological polar surface area (TPSA) is 82.4 Å². The molecule has 0 spiro atoms. The Kier molecular flexibility index (Phi) is 6.28. The molecule has 3 aromatic carbocycles. The van der Waals surface area contributed by atoms with Crippen LogP contribution >= 0.6 is 12.2 Å². The van der Waals surface area contributed by atoms with Gasteiger partial charge in [0.1, 0.15) is 5.75 Å². The number of para-hydroxylation sites is 2. The van der Waals surface area contributed by atoms with Crippen molar-refractivity contribution in [1.82, 2.24) is 19.8 Å². The van der Waals surface area contributed by atoms with E-state index in [1.165, 1.54) is 0 Å². The summed E-state index contributed by atoms with van der Waals surface area (Å²) in [6.45, 7) is 0.630.